The Labute approximate surface area is 71.3 Å². The number of aromatic nitrogens is 2. The van der Waals surface area contributed by atoms with Crippen molar-refractivity contribution in [3.63, 3.8) is 0 Å². The molecule has 3 N–H and O–H groups in total. The number of hydrogen-bond acceptors (Lipinski definition) is 5. The van der Waals surface area contributed by atoms with Gasteiger partial charge in [-0.2, -0.15) is 0 Å². The summed E-state index contributed by atoms with van der Waals surface area (Å²) in [6, 6.07) is 0.496. The molecule has 0 amide bonds. The van der Waals surface area contributed by atoms with Gasteiger partial charge in [0, 0.05) is 6.54 Å². The zero-order chi connectivity index (χ0) is 8.97. The Kier molecular flexibility index (Phi) is 2.90. The van der Waals surface area contributed by atoms with Crippen molar-refractivity contribution in [2.75, 3.05) is 17.6 Å². The molecule has 1 heterocycles. The fraction of sp³-hybridized carbons (Fsp3) is 0.714. The summed E-state index contributed by atoms with van der Waals surface area (Å²) in [6.45, 7) is 5.15. The van der Waals surface area contributed by atoms with Crippen molar-refractivity contribution in [2.45, 2.75) is 20.3 Å². The molecule has 0 unspecified atom stereocenters. The van der Waals surface area contributed by atoms with Crippen molar-refractivity contribution >= 4 is 12.0 Å². The number of hydrogen-bond donors (Lipinski definition) is 2. The number of rotatable bonds is 4. The molecule has 0 aliphatic carbocycles. The van der Waals surface area contributed by atoms with Crippen LogP contribution in [0, 0.1) is 5.92 Å². The third-order valence-electron chi connectivity index (χ3n) is 1.44. The third-order valence-corrected chi connectivity index (χ3v) is 1.44. The van der Waals surface area contributed by atoms with Crippen LogP contribution in [0.2, 0.25) is 0 Å². The highest BCUT2D eigenvalue weighted by Gasteiger charge is 2.00. The molecule has 0 atom stereocenters. The van der Waals surface area contributed by atoms with Gasteiger partial charge in [0.2, 0.25) is 0 Å². The van der Waals surface area contributed by atoms with E-state index in [1.165, 1.54) is 0 Å². The number of nitrogens with zero attached hydrogens (tertiary/aromatic N) is 2. The van der Waals surface area contributed by atoms with Crippen LogP contribution in [-0.4, -0.2) is 16.7 Å². The average molecular weight is 170 g/mol. The summed E-state index contributed by atoms with van der Waals surface area (Å²) in [5, 5.41) is 10.1. The molecular weight excluding hydrogens is 156 g/mol. The molecule has 1 rings (SSSR count). The zero-order valence-corrected chi connectivity index (χ0v) is 7.37. The quantitative estimate of drug-likeness (QED) is 0.707. The highest BCUT2D eigenvalue weighted by Crippen LogP contribution is 2.06. The van der Waals surface area contributed by atoms with Gasteiger partial charge in [-0.15, -0.1) is 0 Å². The van der Waals surface area contributed by atoms with E-state index in [1.54, 1.807) is 0 Å². The van der Waals surface area contributed by atoms with Crippen molar-refractivity contribution in [1.82, 2.24) is 10.2 Å². The second-order valence-corrected chi connectivity index (χ2v) is 3.05. The summed E-state index contributed by atoms with van der Waals surface area (Å²) in [6.07, 6.45) is 1.07. The molecule has 5 nitrogen and oxygen atoms in total. The first kappa shape index (κ1) is 8.83. The minimum atomic E-state index is 0.0991. The number of nitrogens with two attached hydrogens (primary N) is 1. The fourth-order valence-corrected chi connectivity index (χ4v) is 0.774. The van der Waals surface area contributed by atoms with Crippen LogP contribution < -0.4 is 11.1 Å². The SMILES string of the molecule is CC(C)CCNc1nnc(N)o1. The second kappa shape index (κ2) is 3.94. The molecule has 0 aliphatic rings. The molecule has 0 bridgehead atoms. The molecule has 0 spiro atoms. The van der Waals surface area contributed by atoms with Crippen LogP contribution in [0.3, 0.4) is 0 Å². The first-order chi connectivity index (χ1) is 5.68. The van der Waals surface area contributed by atoms with E-state index in [2.05, 4.69) is 29.4 Å². The van der Waals surface area contributed by atoms with Crippen LogP contribution in [0.1, 0.15) is 20.3 Å². The maximum Gasteiger partial charge on any atom is 0.316 e. The fourth-order valence-electron chi connectivity index (χ4n) is 0.774. The Morgan fingerprint density at radius 1 is 1.50 bits per heavy atom. The van der Waals surface area contributed by atoms with E-state index in [0.29, 0.717) is 11.9 Å². The Bertz CT molecular complexity index is 233. The minimum Gasteiger partial charge on any atom is -0.390 e. The van der Waals surface area contributed by atoms with E-state index in [1.807, 2.05) is 0 Å². The Hall–Kier alpha value is -1.26. The predicted octanol–water partition coefficient (Wildman–Crippen LogP) is 1.11. The molecule has 0 saturated heterocycles. The van der Waals surface area contributed by atoms with Gasteiger partial charge in [0.25, 0.3) is 0 Å². The van der Waals surface area contributed by atoms with E-state index in [9.17, 15) is 0 Å². The lowest BCUT2D eigenvalue weighted by Gasteiger charge is -2.03. The first-order valence-electron chi connectivity index (χ1n) is 4.01. The maximum atomic E-state index is 5.23. The minimum absolute atomic E-state index is 0.0991. The summed E-state index contributed by atoms with van der Waals surface area (Å²) in [5.74, 6) is 0.665. The number of nitrogens with one attached hydrogen (secondary N) is 1. The summed E-state index contributed by atoms with van der Waals surface area (Å²) in [4.78, 5) is 0. The summed E-state index contributed by atoms with van der Waals surface area (Å²) < 4.78 is 4.91. The van der Waals surface area contributed by atoms with Crippen LogP contribution in [0.5, 0.6) is 0 Å². The molecular formula is C7H14N4O. The standard InChI is InChI=1S/C7H14N4O/c1-5(2)3-4-9-7-11-10-6(8)12-7/h5H,3-4H2,1-2H3,(H2,8,10)(H,9,11). The highest BCUT2D eigenvalue weighted by molar-refractivity contribution is 5.21. The van der Waals surface area contributed by atoms with Gasteiger partial charge in [-0.3, -0.25) is 0 Å². The van der Waals surface area contributed by atoms with Gasteiger partial charge in [-0.1, -0.05) is 24.0 Å². The summed E-state index contributed by atoms with van der Waals surface area (Å²) in [7, 11) is 0. The van der Waals surface area contributed by atoms with Crippen molar-refractivity contribution in [1.29, 1.82) is 0 Å². The van der Waals surface area contributed by atoms with Crippen molar-refractivity contribution in [3.05, 3.63) is 0 Å². The van der Waals surface area contributed by atoms with E-state index in [0.717, 1.165) is 13.0 Å². The molecule has 12 heavy (non-hydrogen) atoms. The zero-order valence-electron chi connectivity index (χ0n) is 7.37. The van der Waals surface area contributed by atoms with Crippen molar-refractivity contribution in [3.8, 4) is 0 Å². The summed E-state index contributed by atoms with van der Waals surface area (Å²) in [5.41, 5.74) is 5.23. The lowest BCUT2D eigenvalue weighted by molar-refractivity contribution is 0.566. The first-order valence-corrected chi connectivity index (χ1v) is 4.01. The van der Waals surface area contributed by atoms with Gasteiger partial charge in [0.05, 0.1) is 0 Å². The van der Waals surface area contributed by atoms with Gasteiger partial charge in [-0.25, -0.2) is 0 Å². The molecule has 5 heteroatoms. The van der Waals surface area contributed by atoms with Crippen LogP contribution in [0.25, 0.3) is 0 Å². The van der Waals surface area contributed by atoms with Crippen LogP contribution >= 0.6 is 0 Å². The molecule has 0 aliphatic heterocycles. The lowest BCUT2D eigenvalue weighted by Crippen LogP contribution is -2.04. The van der Waals surface area contributed by atoms with Crippen molar-refractivity contribution < 1.29 is 4.42 Å². The molecule has 0 aromatic carbocycles. The Morgan fingerprint density at radius 2 is 2.25 bits per heavy atom. The number of anilines is 2. The monoisotopic (exact) mass is 170 g/mol. The van der Waals surface area contributed by atoms with Crippen LogP contribution in [0.15, 0.2) is 4.42 Å². The molecule has 1 aromatic rings. The van der Waals surface area contributed by atoms with E-state index >= 15 is 0 Å². The van der Waals surface area contributed by atoms with Crippen molar-refractivity contribution in [2.24, 2.45) is 5.92 Å². The van der Waals surface area contributed by atoms with Crippen LogP contribution in [0.4, 0.5) is 12.0 Å². The van der Waals surface area contributed by atoms with Gasteiger partial charge in [-0.05, 0) is 12.3 Å². The third kappa shape index (κ3) is 2.77. The molecule has 0 radical (unpaired) electrons. The van der Waals surface area contributed by atoms with Gasteiger partial charge in [0.15, 0.2) is 0 Å². The Morgan fingerprint density at radius 3 is 2.75 bits per heavy atom. The summed E-state index contributed by atoms with van der Waals surface area (Å²) >= 11 is 0. The maximum absolute atomic E-state index is 5.23. The highest BCUT2D eigenvalue weighted by atomic mass is 16.4. The predicted molar refractivity (Wildman–Crippen MR) is 46.7 cm³/mol. The van der Waals surface area contributed by atoms with Crippen LogP contribution in [-0.2, 0) is 0 Å². The van der Waals surface area contributed by atoms with E-state index in [4.69, 9.17) is 10.2 Å². The van der Waals surface area contributed by atoms with Gasteiger partial charge in [0.1, 0.15) is 0 Å². The number of nitrogen functional groups attached to an aromatic ring is 1. The van der Waals surface area contributed by atoms with E-state index in [-0.39, 0.29) is 6.01 Å². The smallest absolute Gasteiger partial charge is 0.316 e. The molecule has 68 valence electrons. The van der Waals surface area contributed by atoms with E-state index < -0.39 is 0 Å². The molecule has 0 saturated carbocycles. The topological polar surface area (TPSA) is 77.0 Å². The van der Waals surface area contributed by atoms with Gasteiger partial charge >= 0.3 is 12.0 Å². The lowest BCUT2D eigenvalue weighted by atomic mass is 10.1. The van der Waals surface area contributed by atoms with Gasteiger partial charge < -0.3 is 15.5 Å². The normalized spacial score (nSPS) is 10.6. The molecule has 1 aromatic heterocycles. The molecule has 0 fully saturated rings. The Balaban J connectivity index is 2.24. The largest absolute Gasteiger partial charge is 0.390 e. The average Bonchev–Trinajstić information content (AvgIpc) is 2.35. The second-order valence-electron chi connectivity index (χ2n) is 3.05.